The number of hydrogen-bond donors (Lipinski definition) is 0. The van der Waals surface area contributed by atoms with Gasteiger partial charge in [0.15, 0.2) is 0 Å². The molecular formula is C18H34O2. The number of unbranched alkanes of at least 4 members (excludes halogenated alkanes) is 3. The van der Waals surface area contributed by atoms with Gasteiger partial charge in [-0.2, -0.15) is 0 Å². The van der Waals surface area contributed by atoms with Crippen LogP contribution in [-0.2, 0) is 9.53 Å². The topological polar surface area (TPSA) is 26.3 Å². The molecule has 3 unspecified atom stereocenters. The number of hydrogen-bond acceptors (Lipinski definition) is 2. The molecule has 0 aromatic heterocycles. The monoisotopic (exact) mass is 282 g/mol. The van der Waals surface area contributed by atoms with Crippen LogP contribution in [0.15, 0.2) is 12.2 Å². The number of esters is 1. The van der Waals surface area contributed by atoms with E-state index in [1.54, 1.807) is 6.92 Å². The van der Waals surface area contributed by atoms with Gasteiger partial charge in [0, 0.05) is 5.57 Å². The smallest absolute Gasteiger partial charge is 0.333 e. The van der Waals surface area contributed by atoms with Crippen molar-refractivity contribution in [2.75, 3.05) is 6.61 Å². The molecule has 0 rings (SSSR count). The first-order valence-electron chi connectivity index (χ1n) is 8.22. The van der Waals surface area contributed by atoms with Crippen molar-refractivity contribution in [3.8, 4) is 0 Å². The van der Waals surface area contributed by atoms with E-state index in [-0.39, 0.29) is 5.97 Å². The van der Waals surface area contributed by atoms with E-state index >= 15 is 0 Å². The van der Waals surface area contributed by atoms with Gasteiger partial charge in [-0.1, -0.05) is 66.4 Å². The van der Waals surface area contributed by atoms with Gasteiger partial charge in [-0.15, -0.1) is 0 Å². The van der Waals surface area contributed by atoms with Gasteiger partial charge >= 0.3 is 5.97 Å². The van der Waals surface area contributed by atoms with Crippen LogP contribution in [-0.4, -0.2) is 12.6 Å². The summed E-state index contributed by atoms with van der Waals surface area (Å²) < 4.78 is 5.18. The third kappa shape index (κ3) is 8.39. The van der Waals surface area contributed by atoms with Crippen LogP contribution in [0.3, 0.4) is 0 Å². The predicted octanol–water partition coefficient (Wildman–Crippen LogP) is 5.37. The summed E-state index contributed by atoms with van der Waals surface area (Å²) in [6.07, 6.45) is 7.62. The predicted molar refractivity (Wildman–Crippen MR) is 86.6 cm³/mol. The second-order valence-corrected chi connectivity index (χ2v) is 6.37. The Morgan fingerprint density at radius 1 is 1.05 bits per heavy atom. The van der Waals surface area contributed by atoms with E-state index in [2.05, 4.69) is 34.3 Å². The maximum atomic E-state index is 11.3. The molecular weight excluding hydrogens is 248 g/mol. The second kappa shape index (κ2) is 10.9. The molecule has 2 nitrogen and oxygen atoms in total. The maximum Gasteiger partial charge on any atom is 0.333 e. The fraction of sp³-hybridized carbons (Fsp3) is 0.833. The Bertz CT molecular complexity index is 283. The van der Waals surface area contributed by atoms with Crippen molar-refractivity contribution < 1.29 is 9.53 Å². The van der Waals surface area contributed by atoms with Gasteiger partial charge in [0.25, 0.3) is 0 Å². The number of carbonyl (C=O) groups is 1. The van der Waals surface area contributed by atoms with Crippen LogP contribution >= 0.6 is 0 Å². The Morgan fingerprint density at radius 2 is 1.65 bits per heavy atom. The van der Waals surface area contributed by atoms with E-state index in [4.69, 9.17) is 4.74 Å². The van der Waals surface area contributed by atoms with E-state index in [9.17, 15) is 4.79 Å². The lowest BCUT2D eigenvalue weighted by atomic mass is 9.81. The van der Waals surface area contributed by atoms with E-state index in [0.29, 0.717) is 24.0 Å². The third-order valence-corrected chi connectivity index (χ3v) is 4.46. The normalized spacial score (nSPS) is 15.4. The highest BCUT2D eigenvalue weighted by atomic mass is 16.5. The SMILES string of the molecule is C=C(C)C(=O)OCCC(C)C(C)C(C)CCCCCC. The highest BCUT2D eigenvalue weighted by molar-refractivity contribution is 5.86. The lowest BCUT2D eigenvalue weighted by Gasteiger charge is -2.26. The van der Waals surface area contributed by atoms with Crippen LogP contribution in [0.1, 0.15) is 73.1 Å². The Hall–Kier alpha value is -0.790. The Balaban J connectivity index is 3.86. The van der Waals surface area contributed by atoms with Gasteiger partial charge in [-0.25, -0.2) is 4.79 Å². The first-order chi connectivity index (χ1) is 9.40. The van der Waals surface area contributed by atoms with Crippen molar-refractivity contribution in [3.63, 3.8) is 0 Å². The highest BCUT2D eigenvalue weighted by Gasteiger charge is 2.19. The second-order valence-electron chi connectivity index (χ2n) is 6.37. The molecule has 0 amide bonds. The fourth-order valence-electron chi connectivity index (χ4n) is 2.44. The summed E-state index contributed by atoms with van der Waals surface area (Å²) in [7, 11) is 0. The van der Waals surface area contributed by atoms with Crippen molar-refractivity contribution in [1.82, 2.24) is 0 Å². The minimum Gasteiger partial charge on any atom is -0.462 e. The molecule has 0 aliphatic carbocycles. The summed E-state index contributed by atoms with van der Waals surface area (Å²) in [5, 5.41) is 0. The zero-order chi connectivity index (χ0) is 15.5. The fourth-order valence-corrected chi connectivity index (χ4v) is 2.44. The molecule has 20 heavy (non-hydrogen) atoms. The molecule has 0 spiro atoms. The van der Waals surface area contributed by atoms with Gasteiger partial charge in [0.1, 0.15) is 0 Å². The van der Waals surface area contributed by atoms with Crippen molar-refractivity contribution >= 4 is 5.97 Å². The summed E-state index contributed by atoms with van der Waals surface area (Å²) in [6.45, 7) is 15.0. The minimum absolute atomic E-state index is 0.266. The molecule has 0 heterocycles. The molecule has 0 aromatic rings. The van der Waals surface area contributed by atoms with Crippen LogP contribution in [0.4, 0.5) is 0 Å². The molecule has 3 atom stereocenters. The average Bonchev–Trinajstić information content (AvgIpc) is 2.41. The van der Waals surface area contributed by atoms with Gasteiger partial charge in [-0.3, -0.25) is 0 Å². The highest BCUT2D eigenvalue weighted by Crippen LogP contribution is 2.27. The lowest BCUT2D eigenvalue weighted by molar-refractivity contribution is -0.139. The molecule has 0 aromatic carbocycles. The van der Waals surface area contributed by atoms with Gasteiger partial charge in [0.2, 0.25) is 0 Å². The van der Waals surface area contributed by atoms with E-state index in [1.165, 1.54) is 32.1 Å². The summed E-state index contributed by atoms with van der Waals surface area (Å²) in [5.74, 6) is 1.76. The minimum atomic E-state index is -0.266. The van der Waals surface area contributed by atoms with Crippen molar-refractivity contribution in [2.45, 2.75) is 73.1 Å². The maximum absolute atomic E-state index is 11.3. The molecule has 0 N–H and O–H groups in total. The molecule has 0 radical (unpaired) electrons. The number of ether oxygens (including phenoxy) is 1. The lowest BCUT2D eigenvalue weighted by Crippen LogP contribution is -2.19. The van der Waals surface area contributed by atoms with Crippen molar-refractivity contribution in [3.05, 3.63) is 12.2 Å². The summed E-state index contributed by atoms with van der Waals surface area (Å²) in [5.41, 5.74) is 0.481. The molecule has 0 bridgehead atoms. The molecule has 118 valence electrons. The van der Waals surface area contributed by atoms with Crippen molar-refractivity contribution in [1.29, 1.82) is 0 Å². The first-order valence-corrected chi connectivity index (χ1v) is 8.22. The standard InChI is InChI=1S/C18H34O2/c1-7-8-9-10-11-15(4)17(6)16(5)12-13-20-18(19)14(2)3/h15-17H,2,7-13H2,1,3-6H3. The van der Waals surface area contributed by atoms with E-state index in [0.717, 1.165) is 12.3 Å². The zero-order valence-electron chi connectivity index (χ0n) is 14.2. The molecule has 0 fully saturated rings. The molecule has 0 aliphatic heterocycles. The Labute approximate surface area is 126 Å². The van der Waals surface area contributed by atoms with Crippen LogP contribution in [0, 0.1) is 17.8 Å². The summed E-state index contributed by atoms with van der Waals surface area (Å²) in [6, 6.07) is 0. The molecule has 0 aliphatic rings. The summed E-state index contributed by atoms with van der Waals surface area (Å²) in [4.78, 5) is 11.3. The molecule has 0 saturated carbocycles. The quantitative estimate of drug-likeness (QED) is 0.289. The van der Waals surface area contributed by atoms with E-state index < -0.39 is 0 Å². The van der Waals surface area contributed by atoms with Crippen LogP contribution < -0.4 is 0 Å². The van der Waals surface area contributed by atoms with Gasteiger partial charge in [0.05, 0.1) is 6.61 Å². The van der Waals surface area contributed by atoms with E-state index in [1.807, 2.05) is 0 Å². The van der Waals surface area contributed by atoms with Gasteiger partial charge in [-0.05, 0) is 31.1 Å². The summed E-state index contributed by atoms with van der Waals surface area (Å²) >= 11 is 0. The molecule has 0 saturated heterocycles. The van der Waals surface area contributed by atoms with Gasteiger partial charge < -0.3 is 4.74 Å². The van der Waals surface area contributed by atoms with Crippen LogP contribution in [0.2, 0.25) is 0 Å². The first kappa shape index (κ1) is 19.2. The number of rotatable bonds is 11. The Kier molecular flexibility index (Phi) is 10.5. The number of carbonyl (C=O) groups excluding carboxylic acids is 1. The van der Waals surface area contributed by atoms with Crippen molar-refractivity contribution in [2.24, 2.45) is 17.8 Å². The largest absolute Gasteiger partial charge is 0.462 e. The van der Waals surface area contributed by atoms with Crippen LogP contribution in [0.5, 0.6) is 0 Å². The van der Waals surface area contributed by atoms with Crippen LogP contribution in [0.25, 0.3) is 0 Å². The Morgan fingerprint density at radius 3 is 2.20 bits per heavy atom. The average molecular weight is 282 g/mol. The third-order valence-electron chi connectivity index (χ3n) is 4.46. The zero-order valence-corrected chi connectivity index (χ0v) is 14.2. The molecule has 2 heteroatoms.